The van der Waals surface area contributed by atoms with Crippen LogP contribution in [0, 0.1) is 0 Å². The Balaban J connectivity index is 0.00000240. The van der Waals surface area contributed by atoms with E-state index in [-0.39, 0.29) is 40.9 Å². The van der Waals surface area contributed by atoms with Gasteiger partial charge in [0.2, 0.25) is 11.4 Å². The third-order valence-corrected chi connectivity index (χ3v) is 17.8. The van der Waals surface area contributed by atoms with Gasteiger partial charge >= 0.3 is 0 Å². The summed E-state index contributed by atoms with van der Waals surface area (Å²) in [5.41, 5.74) is 3.05. The van der Waals surface area contributed by atoms with Crippen molar-refractivity contribution in [1.29, 1.82) is 0 Å². The monoisotopic (exact) mass is 617 g/mol. The number of aromatic nitrogens is 1. The molecule has 6 heteroatoms. The number of alkyl halides is 1. The molecule has 0 N–H and O–H groups in total. The molecule has 1 radical (unpaired) electrons. The third-order valence-electron chi connectivity index (χ3n) is 8.29. The molecule has 3 rings (SSSR count). The first-order valence-corrected chi connectivity index (χ1v) is 15.4. The topological polar surface area (TPSA) is 3.88 Å². The number of rotatable bonds is 4. The summed E-state index contributed by atoms with van der Waals surface area (Å²) in [6.07, 6.45) is 10.5. The Morgan fingerprint density at radius 2 is 1.16 bits per heavy atom. The van der Waals surface area contributed by atoms with Crippen molar-refractivity contribution in [1.82, 2.24) is 0 Å². The third kappa shape index (κ3) is 6.77. The van der Waals surface area contributed by atoms with Gasteiger partial charge in [-0.1, -0.05) is 11.6 Å². The van der Waals surface area contributed by atoms with Crippen LogP contribution in [0.5, 0.6) is 0 Å². The van der Waals surface area contributed by atoms with Crippen molar-refractivity contribution < 1.29 is 40.8 Å². The van der Waals surface area contributed by atoms with E-state index in [2.05, 4.69) is 78.3 Å². The van der Waals surface area contributed by atoms with Crippen LogP contribution < -0.4 is 4.57 Å². The molecule has 0 bridgehead atoms. The molecule has 2 atom stereocenters. The van der Waals surface area contributed by atoms with Crippen LogP contribution in [-0.4, -0.2) is 20.1 Å². The summed E-state index contributed by atoms with van der Waals surface area (Å²) in [6.45, 7) is 17.4. The van der Waals surface area contributed by atoms with Crippen molar-refractivity contribution in [3.8, 4) is 0 Å². The average Bonchev–Trinajstić information content (AvgIpc) is 2.56. The van der Waals surface area contributed by atoms with Crippen LogP contribution in [0.3, 0.4) is 0 Å². The smallest absolute Gasteiger partial charge is 0.196 e. The van der Waals surface area contributed by atoms with Gasteiger partial charge in [-0.3, -0.25) is 0 Å². The SMILES string of the molecule is C[n+]1c(C[PH+]2C(C)(C)CCCC2(C)C)cccc1C[PH+]1C(C)(C)CCCC1(C)Cl.[Co].[Ru]. The normalized spacial score (nSPS) is 29.5. The minimum atomic E-state index is -0.716. The minimum absolute atomic E-state index is 0. The Bertz CT molecular complexity index is 661. The van der Waals surface area contributed by atoms with Crippen LogP contribution >= 0.6 is 27.4 Å². The molecular formula is C25H45ClCoNP2Ru+3. The van der Waals surface area contributed by atoms with Gasteiger partial charge in [-0.05, 0) is 86.6 Å². The van der Waals surface area contributed by atoms with E-state index < -0.39 is 15.8 Å². The van der Waals surface area contributed by atoms with E-state index in [1.54, 1.807) is 5.69 Å². The van der Waals surface area contributed by atoms with Gasteiger partial charge in [0.05, 0.1) is 15.5 Å². The molecule has 0 aromatic carbocycles. The molecule has 1 aromatic rings. The maximum Gasteiger partial charge on any atom is 0.218 e. The average molecular weight is 617 g/mol. The van der Waals surface area contributed by atoms with Crippen molar-refractivity contribution in [3.63, 3.8) is 0 Å². The van der Waals surface area contributed by atoms with Crippen LogP contribution in [-0.2, 0) is 55.6 Å². The van der Waals surface area contributed by atoms with Crippen LogP contribution in [0.1, 0.15) is 98.4 Å². The summed E-state index contributed by atoms with van der Waals surface area (Å²) in [5, 5.41) is 1.44. The summed E-state index contributed by atoms with van der Waals surface area (Å²) >= 11 is 7.14. The molecule has 181 valence electrons. The molecule has 0 spiro atoms. The summed E-state index contributed by atoms with van der Waals surface area (Å²) in [6, 6.07) is 7.08. The summed E-state index contributed by atoms with van der Waals surface area (Å²) in [7, 11) is 1.10. The fraction of sp³-hybridized carbons (Fsp3) is 0.800. The van der Waals surface area contributed by atoms with Gasteiger partial charge in [-0.2, -0.15) is 4.57 Å². The van der Waals surface area contributed by atoms with Gasteiger partial charge < -0.3 is 0 Å². The molecule has 2 saturated heterocycles. The van der Waals surface area contributed by atoms with E-state index in [1.807, 2.05) is 0 Å². The zero-order valence-corrected chi connectivity index (χ0v) is 26.4. The predicted octanol–water partition coefficient (Wildman–Crippen LogP) is 7.59. The minimum Gasteiger partial charge on any atom is -0.196 e. The number of hydrogen-bond donors (Lipinski definition) is 0. The first-order chi connectivity index (χ1) is 13.3. The summed E-state index contributed by atoms with van der Waals surface area (Å²) in [4.78, 5) is 0. The van der Waals surface area contributed by atoms with Crippen LogP contribution in [0.2, 0.25) is 0 Å². The van der Waals surface area contributed by atoms with E-state index in [4.69, 9.17) is 11.6 Å². The predicted molar refractivity (Wildman–Crippen MR) is 136 cm³/mol. The van der Waals surface area contributed by atoms with Gasteiger partial charge in [0.1, 0.15) is 24.0 Å². The molecule has 0 amide bonds. The molecule has 2 aliphatic heterocycles. The maximum atomic E-state index is 7.14. The maximum absolute atomic E-state index is 7.14. The van der Waals surface area contributed by atoms with E-state index in [9.17, 15) is 0 Å². The molecule has 1 aromatic heterocycles. The first-order valence-electron chi connectivity index (χ1n) is 11.7. The van der Waals surface area contributed by atoms with Crippen LogP contribution in [0.4, 0.5) is 0 Å². The second-order valence-corrected chi connectivity index (χ2v) is 20.9. The van der Waals surface area contributed by atoms with E-state index in [0.717, 1.165) is 0 Å². The standard InChI is InChI=1S/C25H43ClNP2.Co.Ru/c1-22(2)14-10-15-23(3,4)28(22)18-20-12-9-13-21(27(20)8)19-29-24(5,6)16-11-17-25(29,7)26;;/h9,12-13H,10-11,14-19H2,1-8H3;;/q+1;;/p+2. The van der Waals surface area contributed by atoms with Crippen molar-refractivity contribution in [3.05, 3.63) is 29.6 Å². The molecule has 2 aliphatic rings. The van der Waals surface area contributed by atoms with E-state index in [0.29, 0.717) is 15.5 Å². The van der Waals surface area contributed by atoms with Crippen LogP contribution in [0.15, 0.2) is 18.2 Å². The zero-order valence-electron chi connectivity index (χ0n) is 20.9. The largest absolute Gasteiger partial charge is 0.218 e. The molecule has 0 aliphatic carbocycles. The van der Waals surface area contributed by atoms with Crippen molar-refractivity contribution in [2.24, 2.45) is 7.05 Å². The Labute approximate surface area is 223 Å². The molecule has 2 fully saturated rings. The van der Waals surface area contributed by atoms with Crippen LogP contribution in [0.25, 0.3) is 0 Å². The zero-order chi connectivity index (χ0) is 21.7. The number of halogens is 1. The fourth-order valence-electron chi connectivity index (χ4n) is 6.36. The Morgan fingerprint density at radius 1 is 0.774 bits per heavy atom. The number of pyridine rings is 1. The molecular weight excluding hydrogens is 572 g/mol. The molecule has 0 saturated carbocycles. The van der Waals surface area contributed by atoms with Crippen molar-refractivity contribution in [2.45, 2.75) is 119 Å². The summed E-state index contributed by atoms with van der Waals surface area (Å²) < 4.78 is 2.56. The Morgan fingerprint density at radius 3 is 1.61 bits per heavy atom. The van der Waals surface area contributed by atoms with Gasteiger partial charge in [-0.15, -0.1) is 0 Å². The number of hydrogen-bond acceptors (Lipinski definition) is 0. The quantitative estimate of drug-likeness (QED) is 0.142. The number of nitrogens with zero attached hydrogens (tertiary/aromatic N) is 1. The molecule has 3 heterocycles. The van der Waals surface area contributed by atoms with Crippen molar-refractivity contribution in [2.75, 3.05) is 0 Å². The van der Waals surface area contributed by atoms with Crippen molar-refractivity contribution >= 4 is 27.4 Å². The Kier molecular flexibility index (Phi) is 10.8. The second kappa shape index (κ2) is 11.0. The van der Waals surface area contributed by atoms with E-state index >= 15 is 0 Å². The van der Waals surface area contributed by atoms with Gasteiger partial charge in [0, 0.05) is 70.7 Å². The summed E-state index contributed by atoms with van der Waals surface area (Å²) in [5.74, 6) is 0. The van der Waals surface area contributed by atoms with Gasteiger partial charge in [0.25, 0.3) is 0 Å². The Hall–Kier alpha value is 1.43. The molecule has 2 unspecified atom stereocenters. The fourth-order valence-corrected chi connectivity index (χ4v) is 15.9. The molecule has 31 heavy (non-hydrogen) atoms. The van der Waals surface area contributed by atoms with Gasteiger partial charge in [-0.25, -0.2) is 0 Å². The first kappa shape index (κ1) is 30.5. The van der Waals surface area contributed by atoms with Gasteiger partial charge in [0.15, 0.2) is 0 Å². The second-order valence-electron chi connectivity index (χ2n) is 11.9. The van der Waals surface area contributed by atoms with E-state index in [1.165, 1.54) is 56.5 Å². The molecule has 1 nitrogen and oxygen atoms in total.